The van der Waals surface area contributed by atoms with Gasteiger partial charge >= 0.3 is 0 Å². The average Bonchev–Trinajstić information content (AvgIpc) is 2.27. The fraction of sp³-hybridized carbons (Fsp3) is 0.0909. The molecule has 1 aromatic carbocycles. The number of rotatable bonds is 1. The Labute approximate surface area is 91.9 Å². The maximum atomic E-state index is 8.78. The largest absolute Gasteiger partial charge is 0.481 e. The molecule has 3 nitrogen and oxygen atoms in total. The van der Waals surface area contributed by atoms with E-state index in [4.69, 9.17) is 21.6 Å². The molecule has 2 aromatic rings. The van der Waals surface area contributed by atoms with Gasteiger partial charge in [0.1, 0.15) is 11.8 Å². The monoisotopic (exact) mass is 218 g/mol. The van der Waals surface area contributed by atoms with E-state index in [1.165, 1.54) is 7.11 Å². The number of hydrogen-bond donors (Lipinski definition) is 0. The second-order valence-electron chi connectivity index (χ2n) is 2.99. The van der Waals surface area contributed by atoms with Crippen LogP contribution in [0.25, 0.3) is 10.8 Å². The zero-order valence-corrected chi connectivity index (χ0v) is 8.75. The summed E-state index contributed by atoms with van der Waals surface area (Å²) in [6.45, 7) is 0. The van der Waals surface area contributed by atoms with Gasteiger partial charge in [-0.15, -0.1) is 0 Å². The Morgan fingerprint density at radius 3 is 2.87 bits per heavy atom. The van der Waals surface area contributed by atoms with Crippen LogP contribution in [-0.2, 0) is 0 Å². The first-order valence-electron chi connectivity index (χ1n) is 4.29. The van der Waals surface area contributed by atoms with Crippen LogP contribution >= 0.6 is 11.6 Å². The molecule has 1 heterocycles. The summed E-state index contributed by atoms with van der Waals surface area (Å²) in [6, 6.07) is 9.06. The van der Waals surface area contributed by atoms with Crippen LogP contribution in [0.3, 0.4) is 0 Å². The van der Waals surface area contributed by atoms with Gasteiger partial charge in [-0.25, -0.2) is 4.98 Å². The van der Waals surface area contributed by atoms with Crippen molar-refractivity contribution in [2.24, 2.45) is 0 Å². The molecule has 0 spiro atoms. The van der Waals surface area contributed by atoms with E-state index in [2.05, 4.69) is 4.98 Å². The zero-order valence-electron chi connectivity index (χ0n) is 7.99. The third kappa shape index (κ3) is 1.72. The van der Waals surface area contributed by atoms with Crippen molar-refractivity contribution >= 4 is 22.4 Å². The molecule has 0 atom stereocenters. The molecule has 2 rings (SSSR count). The van der Waals surface area contributed by atoms with Crippen LogP contribution in [0.2, 0.25) is 5.02 Å². The van der Waals surface area contributed by atoms with Gasteiger partial charge in [-0.3, -0.25) is 0 Å². The van der Waals surface area contributed by atoms with Crippen molar-refractivity contribution in [3.05, 3.63) is 35.0 Å². The quantitative estimate of drug-likeness (QED) is 0.740. The number of methoxy groups -OCH3 is 1. The molecule has 15 heavy (non-hydrogen) atoms. The molecule has 0 aliphatic rings. The summed E-state index contributed by atoms with van der Waals surface area (Å²) in [5.41, 5.74) is 0.335. The van der Waals surface area contributed by atoms with E-state index in [1.54, 1.807) is 18.2 Å². The maximum absolute atomic E-state index is 8.78. The van der Waals surface area contributed by atoms with Gasteiger partial charge in [0, 0.05) is 10.4 Å². The number of fused-ring (bicyclic) bond motifs is 1. The van der Waals surface area contributed by atoms with E-state index in [1.807, 2.05) is 12.1 Å². The lowest BCUT2D eigenvalue weighted by Crippen LogP contribution is -1.92. The van der Waals surface area contributed by atoms with Gasteiger partial charge in [0.25, 0.3) is 0 Å². The molecule has 0 fully saturated rings. The predicted molar refractivity (Wildman–Crippen MR) is 58.0 cm³/mol. The summed E-state index contributed by atoms with van der Waals surface area (Å²) in [4.78, 5) is 4.04. The van der Waals surface area contributed by atoms with Crippen molar-refractivity contribution in [1.29, 1.82) is 5.26 Å². The number of halogens is 1. The molecule has 0 unspecified atom stereocenters. The Balaban J connectivity index is 2.82. The highest BCUT2D eigenvalue weighted by atomic mass is 35.5. The first kappa shape index (κ1) is 9.75. The summed E-state index contributed by atoms with van der Waals surface area (Å²) >= 11 is 5.87. The van der Waals surface area contributed by atoms with E-state index in [9.17, 15) is 0 Å². The highest BCUT2D eigenvalue weighted by Crippen LogP contribution is 2.27. The van der Waals surface area contributed by atoms with Gasteiger partial charge in [-0.1, -0.05) is 17.7 Å². The number of pyridine rings is 1. The first-order valence-corrected chi connectivity index (χ1v) is 4.67. The molecule has 0 aliphatic carbocycles. The highest BCUT2D eigenvalue weighted by Gasteiger charge is 2.06. The van der Waals surface area contributed by atoms with Gasteiger partial charge in [0.2, 0.25) is 5.88 Å². The number of nitriles is 1. The second-order valence-corrected chi connectivity index (χ2v) is 3.43. The normalized spacial score (nSPS) is 9.93. The highest BCUT2D eigenvalue weighted by molar-refractivity contribution is 6.31. The lowest BCUT2D eigenvalue weighted by molar-refractivity contribution is 0.403. The van der Waals surface area contributed by atoms with Gasteiger partial charge in [0.05, 0.1) is 7.11 Å². The van der Waals surface area contributed by atoms with Crippen molar-refractivity contribution in [3.8, 4) is 11.9 Å². The number of nitrogens with zero attached hydrogens (tertiary/aromatic N) is 2. The van der Waals surface area contributed by atoms with E-state index in [0.29, 0.717) is 16.6 Å². The number of ether oxygens (including phenoxy) is 1. The topological polar surface area (TPSA) is 45.9 Å². The van der Waals surface area contributed by atoms with Crippen LogP contribution < -0.4 is 4.74 Å². The van der Waals surface area contributed by atoms with Crippen LogP contribution in [0.1, 0.15) is 5.69 Å². The van der Waals surface area contributed by atoms with E-state index in [0.717, 1.165) is 10.8 Å². The Bertz CT molecular complexity index is 560. The fourth-order valence-corrected chi connectivity index (χ4v) is 1.57. The molecule has 0 aliphatic heterocycles. The maximum Gasteiger partial charge on any atom is 0.222 e. The molecule has 0 saturated heterocycles. The smallest absolute Gasteiger partial charge is 0.222 e. The third-order valence-corrected chi connectivity index (χ3v) is 2.30. The minimum atomic E-state index is 0.335. The Morgan fingerprint density at radius 2 is 2.20 bits per heavy atom. The molecule has 0 bridgehead atoms. The van der Waals surface area contributed by atoms with E-state index < -0.39 is 0 Å². The lowest BCUT2D eigenvalue weighted by Gasteiger charge is -2.04. The molecule has 74 valence electrons. The number of aromatic nitrogens is 1. The summed E-state index contributed by atoms with van der Waals surface area (Å²) in [7, 11) is 1.52. The van der Waals surface area contributed by atoms with Gasteiger partial charge in [0.15, 0.2) is 0 Å². The van der Waals surface area contributed by atoms with Crippen LogP contribution in [-0.4, -0.2) is 12.1 Å². The SMILES string of the molecule is COc1nc(C#N)cc2ccc(Cl)cc12. The number of hydrogen-bond acceptors (Lipinski definition) is 3. The standard InChI is InChI=1S/C11H7ClN2O/c1-15-11-10-5-8(12)3-2-7(10)4-9(6-13)14-11/h2-5H,1H3. The summed E-state index contributed by atoms with van der Waals surface area (Å²) in [5, 5.41) is 11.1. The second kappa shape index (κ2) is 3.76. The van der Waals surface area contributed by atoms with Crippen molar-refractivity contribution < 1.29 is 4.74 Å². The molecule has 1 aromatic heterocycles. The molecule has 0 radical (unpaired) electrons. The Hall–Kier alpha value is -1.79. The van der Waals surface area contributed by atoms with E-state index >= 15 is 0 Å². The van der Waals surface area contributed by atoms with Crippen LogP contribution in [0.15, 0.2) is 24.3 Å². The zero-order chi connectivity index (χ0) is 10.8. The summed E-state index contributed by atoms with van der Waals surface area (Å²) < 4.78 is 5.10. The molecule has 4 heteroatoms. The minimum Gasteiger partial charge on any atom is -0.481 e. The predicted octanol–water partition coefficient (Wildman–Crippen LogP) is 2.77. The van der Waals surface area contributed by atoms with E-state index in [-0.39, 0.29) is 0 Å². The van der Waals surface area contributed by atoms with Crippen LogP contribution in [0.4, 0.5) is 0 Å². The fourth-order valence-electron chi connectivity index (χ4n) is 1.40. The molecule has 0 saturated carbocycles. The molecular weight excluding hydrogens is 212 g/mol. The van der Waals surface area contributed by atoms with Gasteiger partial charge in [-0.05, 0) is 23.6 Å². The first-order chi connectivity index (χ1) is 7.24. The molecule has 0 amide bonds. The van der Waals surface area contributed by atoms with Crippen molar-refractivity contribution in [2.75, 3.05) is 7.11 Å². The lowest BCUT2D eigenvalue weighted by atomic mass is 10.1. The van der Waals surface area contributed by atoms with Crippen molar-refractivity contribution in [2.45, 2.75) is 0 Å². The Kier molecular flexibility index (Phi) is 2.44. The molecule has 0 N–H and O–H groups in total. The van der Waals surface area contributed by atoms with Crippen molar-refractivity contribution in [1.82, 2.24) is 4.98 Å². The van der Waals surface area contributed by atoms with Crippen LogP contribution in [0, 0.1) is 11.3 Å². The summed E-state index contributed by atoms with van der Waals surface area (Å²) in [5.74, 6) is 0.423. The minimum absolute atomic E-state index is 0.335. The third-order valence-electron chi connectivity index (χ3n) is 2.07. The van der Waals surface area contributed by atoms with Gasteiger partial charge in [-0.2, -0.15) is 5.26 Å². The summed E-state index contributed by atoms with van der Waals surface area (Å²) in [6.07, 6.45) is 0. The number of benzene rings is 1. The molecular formula is C11H7ClN2O. The Morgan fingerprint density at radius 1 is 1.40 bits per heavy atom. The van der Waals surface area contributed by atoms with Gasteiger partial charge < -0.3 is 4.74 Å². The average molecular weight is 219 g/mol. The van der Waals surface area contributed by atoms with Crippen LogP contribution in [0.5, 0.6) is 5.88 Å². The van der Waals surface area contributed by atoms with Crippen molar-refractivity contribution in [3.63, 3.8) is 0 Å².